The van der Waals surface area contributed by atoms with Gasteiger partial charge in [-0.1, -0.05) is 24.0 Å². The van der Waals surface area contributed by atoms with Crippen molar-refractivity contribution < 1.29 is 18.8 Å². The highest BCUT2D eigenvalue weighted by Gasteiger charge is 2.52. The lowest BCUT2D eigenvalue weighted by Gasteiger charge is -2.32. The zero-order valence-corrected chi connectivity index (χ0v) is 14.2. The standard InChI is InChI=1S/C18H22BFO3/c1-13(21)6-7-14-8-10-15(11-9-14)12-16(20)19-22-17(2,3)18(4,5)23-19/h8-13,21H,1-5H3. The maximum Gasteiger partial charge on any atom is 0.525 e. The molecule has 1 fully saturated rings. The molecule has 1 atom stereocenters. The number of aliphatic hydroxyl groups excluding tert-OH is 1. The number of aliphatic hydroxyl groups is 1. The summed E-state index contributed by atoms with van der Waals surface area (Å²) in [7, 11) is -0.991. The fraction of sp³-hybridized carbons (Fsp3) is 0.444. The zero-order valence-electron chi connectivity index (χ0n) is 14.2. The van der Waals surface area contributed by atoms with E-state index in [2.05, 4.69) is 11.8 Å². The molecule has 0 spiro atoms. The Bertz CT molecular complexity index is 635. The summed E-state index contributed by atoms with van der Waals surface area (Å²) in [5, 5.41) is 9.13. The highest BCUT2D eigenvalue weighted by molar-refractivity contribution is 6.54. The summed E-state index contributed by atoms with van der Waals surface area (Å²) in [6, 6.07) is 7.07. The largest absolute Gasteiger partial charge is 0.525 e. The second-order valence-electron chi connectivity index (χ2n) is 6.68. The summed E-state index contributed by atoms with van der Waals surface area (Å²) in [6.45, 7) is 9.14. The molecule has 0 radical (unpaired) electrons. The number of halogens is 1. The second-order valence-corrected chi connectivity index (χ2v) is 6.68. The Balaban J connectivity index is 2.12. The van der Waals surface area contributed by atoms with Crippen LogP contribution in [0.4, 0.5) is 4.39 Å². The van der Waals surface area contributed by atoms with Gasteiger partial charge in [0.15, 0.2) is 0 Å². The van der Waals surface area contributed by atoms with Crippen LogP contribution >= 0.6 is 0 Å². The molecule has 122 valence electrons. The normalized spacial score (nSPS) is 20.8. The molecule has 0 saturated carbocycles. The molecule has 0 amide bonds. The Morgan fingerprint density at radius 3 is 2.17 bits per heavy atom. The molecule has 23 heavy (non-hydrogen) atoms. The molecule has 1 aromatic rings. The summed E-state index contributed by atoms with van der Waals surface area (Å²) in [5.74, 6) is 5.50. The molecule has 0 aromatic heterocycles. The van der Waals surface area contributed by atoms with Gasteiger partial charge in [-0.25, -0.2) is 4.39 Å². The van der Waals surface area contributed by atoms with Crippen LogP contribution in [0.25, 0.3) is 6.08 Å². The van der Waals surface area contributed by atoms with Crippen LogP contribution in [0.15, 0.2) is 30.0 Å². The molecule has 0 bridgehead atoms. The lowest BCUT2D eigenvalue weighted by atomic mass is 9.87. The molecule has 5 heteroatoms. The smallest absolute Gasteiger partial charge is 0.398 e. The van der Waals surface area contributed by atoms with Gasteiger partial charge in [0.25, 0.3) is 0 Å². The number of hydrogen-bond donors (Lipinski definition) is 1. The summed E-state index contributed by atoms with van der Waals surface area (Å²) in [6.07, 6.45) is 0.726. The van der Waals surface area contributed by atoms with Crippen molar-refractivity contribution in [2.24, 2.45) is 0 Å². The van der Waals surface area contributed by atoms with E-state index in [4.69, 9.17) is 14.4 Å². The van der Waals surface area contributed by atoms with Crippen LogP contribution in [0.2, 0.25) is 0 Å². The molecular weight excluding hydrogens is 294 g/mol. The van der Waals surface area contributed by atoms with E-state index in [0.717, 1.165) is 5.56 Å². The predicted molar refractivity (Wildman–Crippen MR) is 90.2 cm³/mol. The molecule has 3 nitrogen and oxygen atoms in total. The molecule has 1 aliphatic rings. The number of rotatable bonds is 2. The minimum absolute atomic E-state index is 0.466. The van der Waals surface area contributed by atoms with Gasteiger partial charge in [0.2, 0.25) is 0 Å². The minimum Gasteiger partial charge on any atom is -0.398 e. The van der Waals surface area contributed by atoms with E-state index in [0.29, 0.717) is 5.56 Å². The second kappa shape index (κ2) is 6.49. The fourth-order valence-electron chi connectivity index (χ4n) is 2.03. The highest BCUT2D eigenvalue weighted by atomic mass is 19.1. The van der Waals surface area contributed by atoms with E-state index in [9.17, 15) is 4.39 Å². The SMILES string of the molecule is CC(O)C#Cc1ccc(C=C(F)B2OC(C)(C)C(C)(C)O2)cc1. The fourth-order valence-corrected chi connectivity index (χ4v) is 2.03. The Kier molecular flexibility index (Phi) is 5.00. The quantitative estimate of drug-likeness (QED) is 0.672. The summed E-state index contributed by atoms with van der Waals surface area (Å²) >= 11 is 0. The first-order valence-corrected chi connectivity index (χ1v) is 7.63. The molecule has 2 rings (SSSR count). The Hall–Kier alpha value is -1.61. The van der Waals surface area contributed by atoms with Crippen molar-refractivity contribution in [1.82, 2.24) is 0 Å². The maximum absolute atomic E-state index is 14.4. The van der Waals surface area contributed by atoms with Crippen LogP contribution in [0.3, 0.4) is 0 Å². The van der Waals surface area contributed by atoms with E-state index in [1.165, 1.54) is 6.08 Å². The van der Waals surface area contributed by atoms with Crippen LogP contribution in [-0.2, 0) is 9.31 Å². The Morgan fingerprint density at radius 1 is 1.17 bits per heavy atom. The van der Waals surface area contributed by atoms with E-state index in [-0.39, 0.29) is 0 Å². The van der Waals surface area contributed by atoms with Crippen LogP contribution in [0, 0.1) is 11.8 Å². The zero-order chi connectivity index (χ0) is 17.3. The first-order valence-electron chi connectivity index (χ1n) is 7.63. The van der Waals surface area contributed by atoms with Gasteiger partial charge in [0, 0.05) is 5.56 Å². The summed E-state index contributed by atoms with van der Waals surface area (Å²) in [4.78, 5) is 0. The van der Waals surface area contributed by atoms with E-state index in [1.54, 1.807) is 31.2 Å². The van der Waals surface area contributed by atoms with Crippen molar-refractivity contribution in [1.29, 1.82) is 0 Å². The van der Waals surface area contributed by atoms with Gasteiger partial charge >= 0.3 is 7.12 Å². The Morgan fingerprint density at radius 2 is 1.70 bits per heavy atom. The summed E-state index contributed by atoms with van der Waals surface area (Å²) in [5.41, 5.74) is -0.141. The minimum atomic E-state index is -0.991. The first kappa shape index (κ1) is 17.7. The van der Waals surface area contributed by atoms with Gasteiger partial charge in [-0.2, -0.15) is 0 Å². The molecule has 1 aromatic carbocycles. The van der Waals surface area contributed by atoms with Crippen molar-refractivity contribution in [3.63, 3.8) is 0 Å². The summed E-state index contributed by atoms with van der Waals surface area (Å²) < 4.78 is 25.7. The third-order valence-electron chi connectivity index (χ3n) is 4.12. The van der Waals surface area contributed by atoms with Crippen LogP contribution in [-0.4, -0.2) is 29.5 Å². The predicted octanol–water partition coefficient (Wildman–Crippen LogP) is 3.36. The molecule has 1 unspecified atom stereocenters. The topological polar surface area (TPSA) is 38.7 Å². The lowest BCUT2D eigenvalue weighted by Crippen LogP contribution is -2.41. The van der Waals surface area contributed by atoms with E-state index >= 15 is 0 Å². The van der Waals surface area contributed by atoms with E-state index < -0.39 is 30.2 Å². The Labute approximate surface area is 137 Å². The van der Waals surface area contributed by atoms with Crippen molar-refractivity contribution >= 4 is 13.2 Å². The van der Waals surface area contributed by atoms with Gasteiger partial charge < -0.3 is 14.4 Å². The van der Waals surface area contributed by atoms with Crippen LogP contribution < -0.4 is 0 Å². The molecule has 1 aliphatic heterocycles. The average molecular weight is 316 g/mol. The lowest BCUT2D eigenvalue weighted by molar-refractivity contribution is 0.00578. The molecule has 1 saturated heterocycles. The number of hydrogen-bond acceptors (Lipinski definition) is 3. The third kappa shape index (κ3) is 4.23. The van der Waals surface area contributed by atoms with Gasteiger partial charge in [0.1, 0.15) is 11.8 Å². The third-order valence-corrected chi connectivity index (χ3v) is 4.12. The average Bonchev–Trinajstić information content (AvgIpc) is 2.67. The first-order chi connectivity index (χ1) is 10.6. The van der Waals surface area contributed by atoms with Crippen molar-refractivity contribution in [2.45, 2.75) is 51.9 Å². The highest BCUT2D eigenvalue weighted by Crippen LogP contribution is 2.39. The van der Waals surface area contributed by atoms with Crippen LogP contribution in [0.5, 0.6) is 0 Å². The molecular formula is C18H22BFO3. The monoisotopic (exact) mass is 316 g/mol. The van der Waals surface area contributed by atoms with Gasteiger partial charge in [0.05, 0.1) is 11.2 Å². The van der Waals surface area contributed by atoms with Gasteiger partial charge in [-0.15, -0.1) is 0 Å². The van der Waals surface area contributed by atoms with Gasteiger partial charge in [-0.3, -0.25) is 0 Å². The maximum atomic E-state index is 14.4. The van der Waals surface area contributed by atoms with E-state index in [1.807, 2.05) is 27.7 Å². The number of benzene rings is 1. The molecule has 0 aliphatic carbocycles. The van der Waals surface area contributed by atoms with Crippen LogP contribution in [0.1, 0.15) is 45.7 Å². The van der Waals surface area contributed by atoms with Gasteiger partial charge in [-0.05, 0) is 58.4 Å². The van der Waals surface area contributed by atoms with Crippen molar-refractivity contribution in [2.75, 3.05) is 0 Å². The van der Waals surface area contributed by atoms with Crippen molar-refractivity contribution in [3.05, 3.63) is 41.1 Å². The molecule has 1 heterocycles. The van der Waals surface area contributed by atoms with Crippen molar-refractivity contribution in [3.8, 4) is 11.8 Å². The molecule has 1 N–H and O–H groups in total.